The number of nitrogens with two attached hydrogens (primary N) is 1. The molecule has 13 heteroatoms. The molecule has 1 aromatic carbocycles. The van der Waals surface area contributed by atoms with Crippen molar-refractivity contribution in [2.45, 2.75) is 51.7 Å². The van der Waals surface area contributed by atoms with Gasteiger partial charge in [0.1, 0.15) is 11.3 Å². The maximum atomic E-state index is 16.1. The van der Waals surface area contributed by atoms with Crippen LogP contribution in [-0.2, 0) is 9.09 Å². The number of carboxylic acids is 1. The van der Waals surface area contributed by atoms with Crippen LogP contribution in [0.1, 0.15) is 48.8 Å². The van der Waals surface area contributed by atoms with Crippen molar-refractivity contribution in [2.24, 2.45) is 0 Å². The first-order valence-corrected chi connectivity index (χ1v) is 12.4. The van der Waals surface area contributed by atoms with Crippen LogP contribution in [0.3, 0.4) is 0 Å². The number of benzene rings is 1. The maximum Gasteiger partial charge on any atom is 0.405 e. The van der Waals surface area contributed by atoms with E-state index in [-0.39, 0.29) is 30.3 Å². The Labute approximate surface area is 194 Å². The van der Waals surface area contributed by atoms with Gasteiger partial charge >= 0.3 is 13.7 Å². The van der Waals surface area contributed by atoms with Gasteiger partial charge in [0.25, 0.3) is 0 Å². The molecule has 0 amide bonds. The first-order valence-electron chi connectivity index (χ1n) is 10.8. The zero-order valence-electron chi connectivity index (χ0n) is 19.2. The van der Waals surface area contributed by atoms with Crippen LogP contribution in [0.2, 0.25) is 0 Å². The van der Waals surface area contributed by atoms with E-state index in [2.05, 4.69) is 0 Å². The molecule has 0 bridgehead atoms. The molecule has 2 aromatic rings. The molecule has 186 valence electrons. The third-order valence-electron chi connectivity index (χ3n) is 6.63. The second kappa shape index (κ2) is 8.30. The molecule has 2 fully saturated rings. The van der Waals surface area contributed by atoms with Gasteiger partial charge in [0.2, 0.25) is 5.43 Å². The summed E-state index contributed by atoms with van der Waals surface area (Å²) in [6.45, 7) is 4.66. The number of halogens is 2. The standard InChI is InChI=1S/C21H27F2N4O6P/c1-9-7-25(8-10(2)27(9)34(31,32)33-4)19-15(22)17(24)14-18(16(19)23)26(12-5-6-12)11(3)13(20(14)28)21(29)30/h9-10,12H,5-8,24H2,1-4H3,(H,29,30)(H,31,32). The predicted octanol–water partition coefficient (Wildman–Crippen LogP) is 2.85. The summed E-state index contributed by atoms with van der Waals surface area (Å²) in [6.07, 6.45) is 1.30. The maximum absolute atomic E-state index is 16.1. The molecule has 1 aliphatic heterocycles. The molecule has 4 rings (SSSR count). The summed E-state index contributed by atoms with van der Waals surface area (Å²) in [4.78, 5) is 36.3. The summed E-state index contributed by atoms with van der Waals surface area (Å²) in [7, 11) is -2.99. The van der Waals surface area contributed by atoms with Crippen molar-refractivity contribution in [3.63, 3.8) is 0 Å². The Hall–Kier alpha value is -2.53. The van der Waals surface area contributed by atoms with Gasteiger partial charge in [-0.15, -0.1) is 0 Å². The smallest absolute Gasteiger partial charge is 0.405 e. The summed E-state index contributed by atoms with van der Waals surface area (Å²) in [5.74, 6) is -3.68. The number of rotatable bonds is 5. The topological polar surface area (TPSA) is 138 Å². The number of hydrogen-bond donors (Lipinski definition) is 3. The lowest BCUT2D eigenvalue weighted by Crippen LogP contribution is -2.55. The number of fused-ring (bicyclic) bond motifs is 1. The van der Waals surface area contributed by atoms with Crippen LogP contribution < -0.4 is 16.1 Å². The van der Waals surface area contributed by atoms with E-state index in [0.717, 1.165) is 7.11 Å². The Morgan fingerprint density at radius 2 is 1.74 bits per heavy atom. The number of hydrogen-bond acceptors (Lipinski definition) is 6. The van der Waals surface area contributed by atoms with E-state index < -0.39 is 65.2 Å². The lowest BCUT2D eigenvalue weighted by molar-refractivity contribution is 0.0693. The van der Waals surface area contributed by atoms with Crippen molar-refractivity contribution in [1.29, 1.82) is 0 Å². The van der Waals surface area contributed by atoms with Gasteiger partial charge in [-0.2, -0.15) is 4.67 Å². The molecule has 0 radical (unpaired) electrons. The molecule has 1 saturated carbocycles. The van der Waals surface area contributed by atoms with Crippen LogP contribution in [0.5, 0.6) is 0 Å². The zero-order valence-corrected chi connectivity index (χ0v) is 20.1. The normalized spacial score (nSPS) is 23.3. The van der Waals surface area contributed by atoms with Gasteiger partial charge in [-0.3, -0.25) is 4.79 Å². The quantitative estimate of drug-likeness (QED) is 0.418. The van der Waals surface area contributed by atoms with E-state index in [1.165, 1.54) is 21.1 Å². The van der Waals surface area contributed by atoms with Crippen LogP contribution in [0.25, 0.3) is 10.9 Å². The van der Waals surface area contributed by atoms with Gasteiger partial charge in [0.05, 0.1) is 16.6 Å². The average Bonchev–Trinajstić information content (AvgIpc) is 3.56. The van der Waals surface area contributed by atoms with Crippen LogP contribution in [0, 0.1) is 18.6 Å². The summed E-state index contributed by atoms with van der Waals surface area (Å²) >= 11 is 0. The minimum absolute atomic E-state index is 0.0170. The number of aromatic nitrogens is 1. The summed E-state index contributed by atoms with van der Waals surface area (Å²) < 4.78 is 51.5. The van der Waals surface area contributed by atoms with Crippen LogP contribution in [-0.4, -0.2) is 57.5 Å². The lowest BCUT2D eigenvalue weighted by Gasteiger charge is -2.45. The summed E-state index contributed by atoms with van der Waals surface area (Å²) in [5, 5.41) is 9.09. The number of anilines is 2. The van der Waals surface area contributed by atoms with Crippen molar-refractivity contribution in [3.8, 4) is 0 Å². The van der Waals surface area contributed by atoms with Crippen molar-refractivity contribution < 1.29 is 32.7 Å². The lowest BCUT2D eigenvalue weighted by atomic mass is 10.0. The first-order chi connectivity index (χ1) is 15.8. The zero-order chi connectivity index (χ0) is 25.3. The number of piperazine rings is 1. The van der Waals surface area contributed by atoms with E-state index in [4.69, 9.17) is 10.3 Å². The Kier molecular flexibility index (Phi) is 6.00. The van der Waals surface area contributed by atoms with E-state index >= 15 is 8.78 Å². The van der Waals surface area contributed by atoms with Gasteiger partial charge < -0.3 is 29.7 Å². The highest BCUT2D eigenvalue weighted by Gasteiger charge is 2.43. The summed E-state index contributed by atoms with van der Waals surface area (Å²) in [6, 6.07) is -1.46. The molecule has 3 atom stereocenters. The van der Waals surface area contributed by atoms with E-state index in [1.807, 2.05) is 0 Å². The van der Waals surface area contributed by atoms with Crippen molar-refractivity contribution in [2.75, 3.05) is 30.8 Å². The molecule has 4 N–H and O–H groups in total. The van der Waals surface area contributed by atoms with Gasteiger partial charge in [-0.1, -0.05) is 0 Å². The first kappa shape index (κ1) is 24.6. The fourth-order valence-corrected chi connectivity index (χ4v) is 6.46. The van der Waals surface area contributed by atoms with Gasteiger partial charge in [0.15, 0.2) is 11.6 Å². The monoisotopic (exact) mass is 500 g/mol. The minimum atomic E-state index is -4.10. The average molecular weight is 500 g/mol. The second-order valence-electron chi connectivity index (χ2n) is 8.97. The van der Waals surface area contributed by atoms with Gasteiger partial charge in [-0.25, -0.2) is 18.1 Å². The number of carbonyl (C=O) groups is 1. The SMILES string of the molecule is COP(=O)(O)N1C(C)CN(c2c(F)c(N)c3c(=O)c(C(=O)O)c(C)n(C4CC4)c3c2F)CC1C. The van der Waals surface area contributed by atoms with Gasteiger partial charge in [0, 0.05) is 44.0 Å². The largest absolute Gasteiger partial charge is 0.477 e. The Morgan fingerprint density at radius 1 is 1.18 bits per heavy atom. The Morgan fingerprint density at radius 3 is 2.21 bits per heavy atom. The minimum Gasteiger partial charge on any atom is -0.477 e. The number of pyridine rings is 1. The molecular formula is C21H27F2N4O6P. The molecule has 1 saturated heterocycles. The fourth-order valence-electron chi connectivity index (χ4n) is 5.12. The number of nitrogens with zero attached hydrogens (tertiary/aromatic N) is 3. The van der Waals surface area contributed by atoms with Crippen molar-refractivity contribution in [3.05, 3.63) is 33.1 Å². The molecule has 2 aliphatic rings. The number of nitrogen functional groups attached to an aromatic ring is 1. The van der Waals surface area contributed by atoms with Crippen LogP contribution in [0.15, 0.2) is 4.79 Å². The predicted molar refractivity (Wildman–Crippen MR) is 122 cm³/mol. The molecule has 0 spiro atoms. The van der Waals surface area contributed by atoms with Crippen molar-refractivity contribution >= 4 is 36.0 Å². The van der Waals surface area contributed by atoms with E-state index in [9.17, 15) is 24.2 Å². The molecule has 1 aliphatic carbocycles. The van der Waals surface area contributed by atoms with Crippen molar-refractivity contribution in [1.82, 2.24) is 9.24 Å². The molecular weight excluding hydrogens is 473 g/mol. The molecule has 10 nitrogen and oxygen atoms in total. The number of carboxylic acid groups (broad SMARTS) is 1. The highest BCUT2D eigenvalue weighted by molar-refractivity contribution is 7.50. The third-order valence-corrected chi connectivity index (χ3v) is 8.48. The highest BCUT2D eigenvalue weighted by atomic mass is 31.2. The molecule has 2 heterocycles. The molecule has 1 aromatic heterocycles. The Bertz CT molecular complexity index is 1300. The van der Waals surface area contributed by atoms with Crippen LogP contribution >= 0.6 is 7.75 Å². The third kappa shape index (κ3) is 3.60. The number of aromatic carboxylic acids is 1. The molecule has 3 unspecified atom stereocenters. The fraction of sp³-hybridized carbons (Fsp3) is 0.524. The van der Waals surface area contributed by atoms with Gasteiger partial charge in [-0.05, 0) is 33.6 Å². The second-order valence-corrected chi connectivity index (χ2v) is 10.8. The van der Waals surface area contributed by atoms with E-state index in [0.29, 0.717) is 12.8 Å². The highest BCUT2D eigenvalue weighted by Crippen LogP contribution is 2.50. The van der Waals surface area contributed by atoms with Crippen LogP contribution in [0.4, 0.5) is 20.2 Å². The molecule has 34 heavy (non-hydrogen) atoms. The van der Waals surface area contributed by atoms with E-state index in [1.54, 1.807) is 13.8 Å². The summed E-state index contributed by atoms with van der Waals surface area (Å²) in [5.41, 5.74) is 3.18. The Balaban J connectivity index is 1.96.